The number of hydrogen-bond acceptors (Lipinski definition) is 7. The number of aliphatic hydroxyl groups excluding tert-OH is 2. The average molecular weight is 391 g/mol. The molecule has 1 rings (SSSR count). The summed E-state index contributed by atoms with van der Waals surface area (Å²) in [5.74, 6) is -0.567. The quantitative estimate of drug-likeness (QED) is 0.368. The van der Waals surface area contributed by atoms with Gasteiger partial charge in [0.25, 0.3) is 0 Å². The molecule has 0 aliphatic heterocycles. The van der Waals surface area contributed by atoms with Crippen LogP contribution in [0.25, 0.3) is 0 Å². The van der Waals surface area contributed by atoms with E-state index in [1.165, 1.54) is 6.92 Å². The van der Waals surface area contributed by atoms with Gasteiger partial charge in [0.2, 0.25) is 0 Å². The molecule has 7 heteroatoms. The molecule has 2 N–H and O–H groups in total. The highest BCUT2D eigenvalue weighted by atomic mass is 16.6. The standard InChI is InChI=1S/C20H38O7/c1-5-8-11-24-18-15(22)17(27-14(4)21)16(23)19(25-12-9-6-2)20(18)26-13-10-7-3/h15-20,22-23H,5-13H2,1-4H3/t15-,16?,17?,18?,19?,20?/m1/s1. The summed E-state index contributed by atoms with van der Waals surface area (Å²) in [6, 6.07) is 0. The van der Waals surface area contributed by atoms with Gasteiger partial charge in [-0.2, -0.15) is 0 Å². The fourth-order valence-corrected chi connectivity index (χ4v) is 3.15. The lowest BCUT2D eigenvalue weighted by atomic mass is 9.84. The number of hydrogen-bond donors (Lipinski definition) is 2. The van der Waals surface area contributed by atoms with Crippen molar-refractivity contribution in [2.24, 2.45) is 0 Å². The van der Waals surface area contributed by atoms with Crippen LogP contribution in [0.5, 0.6) is 0 Å². The molecule has 1 saturated carbocycles. The zero-order valence-corrected chi connectivity index (χ0v) is 17.3. The second-order valence-corrected chi connectivity index (χ2v) is 7.12. The molecule has 0 spiro atoms. The van der Waals surface area contributed by atoms with Gasteiger partial charge >= 0.3 is 5.97 Å². The highest BCUT2D eigenvalue weighted by molar-refractivity contribution is 5.66. The molecule has 7 nitrogen and oxygen atoms in total. The SMILES string of the molecule is CCCCOC1C(O)C(OC(C)=O)[C@@H](O)C(OCCCC)C1OCCCC. The van der Waals surface area contributed by atoms with Crippen LogP contribution in [0, 0.1) is 0 Å². The molecular weight excluding hydrogens is 352 g/mol. The molecule has 1 aliphatic carbocycles. The smallest absolute Gasteiger partial charge is 0.303 e. The fourth-order valence-electron chi connectivity index (χ4n) is 3.15. The van der Waals surface area contributed by atoms with Crippen LogP contribution in [0.2, 0.25) is 0 Å². The van der Waals surface area contributed by atoms with Crippen molar-refractivity contribution in [1.29, 1.82) is 0 Å². The van der Waals surface area contributed by atoms with Crippen LogP contribution in [-0.2, 0) is 23.7 Å². The molecule has 0 aromatic carbocycles. The summed E-state index contributed by atoms with van der Waals surface area (Å²) in [4.78, 5) is 11.5. The molecule has 160 valence electrons. The first-order valence-electron chi connectivity index (χ1n) is 10.4. The zero-order chi connectivity index (χ0) is 20.2. The minimum absolute atomic E-state index is 0.455. The Kier molecular flexibility index (Phi) is 12.1. The second kappa shape index (κ2) is 13.4. The maximum Gasteiger partial charge on any atom is 0.303 e. The number of unbranched alkanes of at least 4 members (excludes halogenated alkanes) is 3. The van der Waals surface area contributed by atoms with E-state index in [0.29, 0.717) is 19.8 Å². The lowest BCUT2D eigenvalue weighted by Crippen LogP contribution is -2.66. The Bertz CT molecular complexity index is 380. The van der Waals surface area contributed by atoms with Crippen molar-refractivity contribution >= 4 is 5.97 Å². The van der Waals surface area contributed by atoms with Crippen LogP contribution in [-0.4, -0.2) is 72.6 Å². The van der Waals surface area contributed by atoms with E-state index in [9.17, 15) is 15.0 Å². The molecule has 5 unspecified atom stereocenters. The second-order valence-electron chi connectivity index (χ2n) is 7.12. The van der Waals surface area contributed by atoms with Crippen molar-refractivity contribution in [1.82, 2.24) is 0 Å². The summed E-state index contributed by atoms with van der Waals surface area (Å²) in [5.41, 5.74) is 0. The minimum Gasteiger partial charge on any atom is -0.457 e. The molecule has 0 saturated heterocycles. The molecule has 6 atom stereocenters. The number of ether oxygens (including phenoxy) is 4. The Morgan fingerprint density at radius 1 is 0.704 bits per heavy atom. The first-order chi connectivity index (χ1) is 13.0. The topological polar surface area (TPSA) is 94.5 Å². The van der Waals surface area contributed by atoms with E-state index >= 15 is 0 Å². The van der Waals surface area contributed by atoms with E-state index in [1.54, 1.807) is 0 Å². The Balaban J connectivity index is 3.01. The van der Waals surface area contributed by atoms with Gasteiger partial charge in [-0.25, -0.2) is 0 Å². The van der Waals surface area contributed by atoms with Crippen molar-refractivity contribution in [3.63, 3.8) is 0 Å². The third kappa shape index (κ3) is 7.66. The van der Waals surface area contributed by atoms with Gasteiger partial charge in [0.05, 0.1) is 0 Å². The molecule has 0 radical (unpaired) electrons. The van der Waals surface area contributed by atoms with Gasteiger partial charge in [0.1, 0.15) is 30.5 Å². The van der Waals surface area contributed by atoms with Gasteiger partial charge in [-0.3, -0.25) is 4.79 Å². The molecule has 27 heavy (non-hydrogen) atoms. The van der Waals surface area contributed by atoms with Crippen LogP contribution < -0.4 is 0 Å². The van der Waals surface area contributed by atoms with Crippen LogP contribution in [0.1, 0.15) is 66.2 Å². The van der Waals surface area contributed by atoms with Crippen LogP contribution in [0.4, 0.5) is 0 Å². The van der Waals surface area contributed by atoms with Gasteiger partial charge < -0.3 is 29.2 Å². The van der Waals surface area contributed by atoms with E-state index in [1.807, 2.05) is 0 Å². The molecule has 0 bridgehead atoms. The third-order valence-electron chi connectivity index (χ3n) is 4.72. The molecule has 0 amide bonds. The average Bonchev–Trinajstić information content (AvgIpc) is 2.63. The Hall–Kier alpha value is -0.730. The summed E-state index contributed by atoms with van der Waals surface area (Å²) in [5, 5.41) is 21.5. The first-order valence-corrected chi connectivity index (χ1v) is 10.4. The van der Waals surface area contributed by atoms with Crippen LogP contribution >= 0.6 is 0 Å². The predicted octanol–water partition coefficient (Wildman–Crippen LogP) is 2.21. The molecule has 1 aliphatic rings. The molecule has 0 aromatic heterocycles. The summed E-state index contributed by atoms with van der Waals surface area (Å²) < 4.78 is 23.0. The van der Waals surface area contributed by atoms with Crippen LogP contribution in [0.3, 0.4) is 0 Å². The maximum atomic E-state index is 11.5. The Labute approximate surface area is 163 Å². The summed E-state index contributed by atoms with van der Waals surface area (Å²) in [6.45, 7) is 8.82. The van der Waals surface area contributed by atoms with E-state index in [0.717, 1.165) is 38.5 Å². The molecular formula is C20H38O7. The fraction of sp³-hybridized carbons (Fsp3) is 0.950. The lowest BCUT2D eigenvalue weighted by molar-refractivity contribution is -0.261. The normalized spacial score (nSPS) is 31.0. The molecule has 0 heterocycles. The van der Waals surface area contributed by atoms with Crippen molar-refractivity contribution < 1.29 is 34.0 Å². The third-order valence-corrected chi connectivity index (χ3v) is 4.72. The molecule has 0 aromatic rings. The highest BCUT2D eigenvalue weighted by Gasteiger charge is 2.53. The summed E-state index contributed by atoms with van der Waals surface area (Å²) in [6.07, 6.45) is -0.130. The summed E-state index contributed by atoms with van der Waals surface area (Å²) >= 11 is 0. The largest absolute Gasteiger partial charge is 0.457 e. The van der Waals surface area contributed by atoms with Crippen molar-refractivity contribution in [2.75, 3.05) is 19.8 Å². The van der Waals surface area contributed by atoms with Crippen molar-refractivity contribution in [2.45, 2.75) is 103 Å². The van der Waals surface area contributed by atoms with Gasteiger partial charge in [0.15, 0.2) is 6.10 Å². The van der Waals surface area contributed by atoms with Gasteiger partial charge in [0, 0.05) is 26.7 Å². The van der Waals surface area contributed by atoms with Crippen LogP contribution in [0.15, 0.2) is 0 Å². The van der Waals surface area contributed by atoms with E-state index in [-0.39, 0.29) is 0 Å². The van der Waals surface area contributed by atoms with Gasteiger partial charge in [-0.15, -0.1) is 0 Å². The van der Waals surface area contributed by atoms with Gasteiger partial charge in [-0.1, -0.05) is 40.0 Å². The zero-order valence-electron chi connectivity index (χ0n) is 17.3. The van der Waals surface area contributed by atoms with E-state index in [4.69, 9.17) is 18.9 Å². The predicted molar refractivity (Wildman–Crippen MR) is 102 cm³/mol. The van der Waals surface area contributed by atoms with Crippen molar-refractivity contribution in [3.8, 4) is 0 Å². The van der Waals surface area contributed by atoms with E-state index < -0.39 is 42.6 Å². The lowest BCUT2D eigenvalue weighted by Gasteiger charge is -2.46. The summed E-state index contributed by atoms with van der Waals surface area (Å²) in [7, 11) is 0. The number of carbonyl (C=O) groups excluding carboxylic acids is 1. The minimum atomic E-state index is -1.18. The maximum absolute atomic E-state index is 11.5. The van der Waals surface area contributed by atoms with Crippen molar-refractivity contribution in [3.05, 3.63) is 0 Å². The Morgan fingerprint density at radius 2 is 1.07 bits per heavy atom. The number of esters is 1. The number of carbonyl (C=O) groups is 1. The molecule has 1 fully saturated rings. The van der Waals surface area contributed by atoms with E-state index in [2.05, 4.69) is 20.8 Å². The number of aliphatic hydroxyl groups is 2. The highest BCUT2D eigenvalue weighted by Crippen LogP contribution is 2.31. The Morgan fingerprint density at radius 3 is 1.41 bits per heavy atom. The first kappa shape index (κ1) is 24.3. The number of rotatable bonds is 13. The monoisotopic (exact) mass is 390 g/mol. The van der Waals surface area contributed by atoms with Gasteiger partial charge in [-0.05, 0) is 19.3 Å².